The third kappa shape index (κ3) is 12.7. The molecule has 5 aromatic heterocycles. The van der Waals surface area contributed by atoms with Crippen molar-refractivity contribution >= 4 is 81.3 Å². The Morgan fingerprint density at radius 3 is 1.74 bits per heavy atom. The highest BCUT2D eigenvalue weighted by Gasteiger charge is 2.30. The minimum Gasteiger partial charge on any atom is -0.466 e. The second-order valence-corrected chi connectivity index (χ2v) is 15.6. The molecule has 12 N–H and O–H groups in total. The third-order valence-electron chi connectivity index (χ3n) is 10.5. The Hall–Kier alpha value is -8.40. The van der Waals surface area contributed by atoms with Gasteiger partial charge >= 0.3 is 5.97 Å². The number of rotatable bonds is 6. The van der Waals surface area contributed by atoms with E-state index in [2.05, 4.69) is 56.5 Å². The second kappa shape index (κ2) is 23.7. The topological polar surface area (TPSA) is 323 Å². The van der Waals surface area contributed by atoms with Crippen molar-refractivity contribution in [3.8, 4) is 0 Å². The minimum absolute atomic E-state index is 0.00324. The molecule has 10 heterocycles. The zero-order valence-electron chi connectivity index (χ0n) is 36.9. The van der Waals surface area contributed by atoms with Crippen LogP contribution in [0.5, 0.6) is 0 Å². The van der Waals surface area contributed by atoms with E-state index in [0.29, 0.717) is 109 Å². The summed E-state index contributed by atoms with van der Waals surface area (Å²) in [5.41, 5.74) is 11.8. The van der Waals surface area contributed by atoms with Gasteiger partial charge in [-0.1, -0.05) is 12.2 Å². The maximum atomic E-state index is 11.9. The first-order valence-corrected chi connectivity index (χ1v) is 22.0. The summed E-state index contributed by atoms with van der Waals surface area (Å²) in [4.78, 5) is 111. The van der Waals surface area contributed by atoms with Crippen LogP contribution in [0.2, 0.25) is 0 Å². The smallest absolute Gasteiger partial charge is 0.305 e. The quantitative estimate of drug-likeness (QED) is 0.0506. The highest BCUT2D eigenvalue weighted by atomic mass is 32.1. The molecule has 0 aliphatic carbocycles. The number of amides is 4. The SMILES string of the molecule is CCOC(=O)CCCC(=O)c1ccc[nH]1.NC1=N/C(=C2/CCNC(=O)c3[nH]ccc32)C(=O)N1.O=C1CC(=S)N/C1=C1/CCNC(=O)c2[nH]ccc21.O=C1CCNC(=O)c2[nH]ccc21.c1cc[nH]c1. The van der Waals surface area contributed by atoms with E-state index in [1.54, 1.807) is 56.0 Å². The summed E-state index contributed by atoms with van der Waals surface area (Å²) < 4.78 is 4.76. The number of hydrogen-bond acceptors (Lipinski definition) is 12. The van der Waals surface area contributed by atoms with E-state index in [0.717, 1.165) is 16.7 Å². The Labute approximate surface area is 394 Å². The lowest BCUT2D eigenvalue weighted by molar-refractivity contribution is -0.143. The van der Waals surface area contributed by atoms with Gasteiger partial charge in [-0.2, -0.15) is 0 Å². The van der Waals surface area contributed by atoms with E-state index in [1.165, 1.54) is 0 Å². The zero-order valence-corrected chi connectivity index (χ0v) is 37.7. The Morgan fingerprint density at radius 1 is 0.647 bits per heavy atom. The number of aliphatic imine (C=N–C) groups is 1. The van der Waals surface area contributed by atoms with Crippen LogP contribution in [0, 0.1) is 0 Å². The summed E-state index contributed by atoms with van der Waals surface area (Å²) in [7, 11) is 0. The summed E-state index contributed by atoms with van der Waals surface area (Å²) in [6.07, 6.45) is 13.4. The largest absolute Gasteiger partial charge is 0.466 e. The minimum atomic E-state index is -0.330. The Morgan fingerprint density at radius 2 is 1.22 bits per heavy atom. The number of H-pyrrole nitrogens is 5. The van der Waals surface area contributed by atoms with Gasteiger partial charge in [0.1, 0.15) is 22.8 Å². The number of thiocarbonyl (C=S) groups is 1. The first-order chi connectivity index (χ1) is 32.9. The fourth-order valence-electron chi connectivity index (χ4n) is 7.33. The number of nitrogens with zero attached hydrogens (tertiary/aromatic N) is 1. The van der Waals surface area contributed by atoms with Crippen LogP contribution in [0.3, 0.4) is 0 Å². The molecule has 0 radical (unpaired) electrons. The molecule has 0 spiro atoms. The number of fused-ring (bicyclic) bond motifs is 3. The molecule has 5 aliphatic heterocycles. The Balaban J connectivity index is 0.000000145. The monoisotopic (exact) mass is 946 g/mol. The summed E-state index contributed by atoms with van der Waals surface area (Å²) in [6.45, 7) is 3.57. The molecule has 4 amide bonds. The molecule has 21 nitrogen and oxygen atoms in total. The van der Waals surface area contributed by atoms with Crippen LogP contribution in [0.15, 0.2) is 96.0 Å². The first kappa shape index (κ1) is 49.0. The normalized spacial score (nSPS) is 18.0. The van der Waals surface area contributed by atoms with Crippen molar-refractivity contribution in [3.63, 3.8) is 0 Å². The third-order valence-corrected chi connectivity index (χ3v) is 10.7. The van der Waals surface area contributed by atoms with E-state index in [4.69, 9.17) is 22.7 Å². The van der Waals surface area contributed by atoms with Gasteiger partial charge in [-0.3, -0.25) is 43.7 Å². The number of ketones is 3. The molecular weight excluding hydrogens is 897 g/mol. The number of hydrogen-bond donors (Lipinski definition) is 11. The predicted octanol–water partition coefficient (Wildman–Crippen LogP) is 3.33. The van der Waals surface area contributed by atoms with E-state index >= 15 is 0 Å². The molecule has 0 bridgehead atoms. The lowest BCUT2D eigenvalue weighted by atomic mass is 10.0. The van der Waals surface area contributed by atoms with Crippen LogP contribution in [0.25, 0.3) is 11.1 Å². The molecule has 0 aromatic carbocycles. The molecule has 22 heteroatoms. The summed E-state index contributed by atoms with van der Waals surface area (Å²) in [6, 6.07) is 12.6. The van der Waals surface area contributed by atoms with Crippen molar-refractivity contribution in [3.05, 3.63) is 131 Å². The van der Waals surface area contributed by atoms with Gasteiger partial charge < -0.3 is 56.7 Å². The Bertz CT molecular complexity index is 2720. The van der Waals surface area contributed by atoms with Crippen molar-refractivity contribution in [2.24, 2.45) is 10.7 Å². The number of aromatic nitrogens is 5. The number of carbonyl (C=O) groups is 8. The van der Waals surface area contributed by atoms with Gasteiger partial charge in [-0.25, -0.2) is 4.99 Å². The number of nitrogens with two attached hydrogens (primary N) is 1. The molecule has 1 saturated heterocycles. The number of nitrogens with one attached hydrogen (secondary N) is 10. The lowest BCUT2D eigenvalue weighted by Crippen LogP contribution is -2.30. The van der Waals surface area contributed by atoms with Crippen LogP contribution in [-0.4, -0.2) is 109 Å². The molecule has 0 atom stereocenters. The zero-order chi connectivity index (χ0) is 48.6. The average molecular weight is 947 g/mol. The number of aromatic amines is 5. The highest BCUT2D eigenvalue weighted by Crippen LogP contribution is 2.30. The van der Waals surface area contributed by atoms with Crippen molar-refractivity contribution < 1.29 is 43.1 Å². The first-order valence-electron chi connectivity index (χ1n) is 21.6. The van der Waals surface area contributed by atoms with E-state index < -0.39 is 0 Å². The standard InChI is InChI=1S/C12H11N3O2S.C11H11N5O2.C11H15NO3.C8H8N2O2.C4H5N/c16-8-5-9(18)15-10(8)6-2-4-14-12(17)11-7(6)1-3-13-11;12-11-15-8(10(18)16-11)6-2-4-14-9(17)7-5(6)1-3-13-7;1-2-15-11(14)7-3-6-10(13)9-5-4-8-12-9;11-6-2-4-10-8(12)7-5(6)1-3-9-7;1-2-4-5-3-1/h1,3,13H,2,4-5H2,(H,14,17)(H,15,18);1,3,13H,2,4H2,(H,14,17)(H3,12,15,16,18);4-5,8,12H,2-3,6-7H2,1H3;1,3,9H,2,4H2,(H,10,12);1-5H/b10-6-;8-6-;;;. The van der Waals surface area contributed by atoms with Crippen LogP contribution in [-0.2, 0) is 19.1 Å². The number of esters is 1. The average Bonchev–Trinajstić information content (AvgIpc) is 4.18. The van der Waals surface area contributed by atoms with E-state index in [9.17, 15) is 38.4 Å². The maximum Gasteiger partial charge on any atom is 0.305 e. The molecule has 5 aromatic rings. The molecular formula is C46H50N12O9S. The number of ether oxygens (including phenoxy) is 1. The van der Waals surface area contributed by atoms with Crippen molar-refractivity contribution in [1.29, 1.82) is 0 Å². The number of allylic oxidation sites excluding steroid dienone is 1. The Kier molecular flexibility index (Phi) is 17.1. The lowest BCUT2D eigenvalue weighted by Gasteiger charge is -2.07. The molecule has 0 saturated carbocycles. The fourth-order valence-corrected chi connectivity index (χ4v) is 7.56. The van der Waals surface area contributed by atoms with Gasteiger partial charge in [-0.15, -0.1) is 0 Å². The maximum absolute atomic E-state index is 11.9. The van der Waals surface area contributed by atoms with E-state index in [-0.39, 0.29) is 65.0 Å². The van der Waals surface area contributed by atoms with Crippen molar-refractivity contribution in [2.45, 2.75) is 51.9 Å². The summed E-state index contributed by atoms with van der Waals surface area (Å²) in [5, 5.41) is 13.6. The molecule has 354 valence electrons. The number of Topliss-reactive ketones (excluding diaryl/α,β-unsaturated/α-hetero) is 3. The molecule has 0 unspecified atom stereocenters. The number of guanidine groups is 1. The molecule has 5 aliphatic rings. The van der Waals surface area contributed by atoms with Crippen LogP contribution in [0.4, 0.5) is 0 Å². The van der Waals surface area contributed by atoms with Crippen molar-refractivity contribution in [2.75, 3.05) is 26.2 Å². The summed E-state index contributed by atoms with van der Waals surface area (Å²) in [5.74, 6) is -0.949. The fraction of sp³-hybridized carbons (Fsp3) is 0.261. The van der Waals surface area contributed by atoms with Gasteiger partial charge in [0.25, 0.3) is 23.6 Å². The summed E-state index contributed by atoms with van der Waals surface area (Å²) >= 11 is 5.02. The van der Waals surface area contributed by atoms with E-state index in [1.807, 2.05) is 30.6 Å². The van der Waals surface area contributed by atoms with Crippen LogP contribution >= 0.6 is 12.2 Å². The molecule has 68 heavy (non-hydrogen) atoms. The predicted molar refractivity (Wildman–Crippen MR) is 253 cm³/mol. The van der Waals surface area contributed by atoms with Gasteiger partial charge in [0.2, 0.25) is 5.96 Å². The van der Waals surface area contributed by atoms with Crippen molar-refractivity contribution in [1.82, 2.24) is 51.5 Å². The number of carbonyl (C=O) groups excluding carboxylic acids is 8. The molecule has 10 rings (SSSR count). The van der Waals surface area contributed by atoms with Gasteiger partial charge in [0.15, 0.2) is 17.3 Å². The van der Waals surface area contributed by atoms with Gasteiger partial charge in [-0.05, 0) is 79.8 Å². The van der Waals surface area contributed by atoms with Crippen LogP contribution in [0.1, 0.15) is 115 Å². The van der Waals surface area contributed by atoms with Gasteiger partial charge in [0.05, 0.1) is 29.4 Å². The second-order valence-electron chi connectivity index (χ2n) is 15.1. The molecule has 1 fully saturated rings. The van der Waals surface area contributed by atoms with Gasteiger partial charge in [0, 0.05) is 92.8 Å². The highest BCUT2D eigenvalue weighted by molar-refractivity contribution is 7.80. The van der Waals surface area contributed by atoms with Crippen LogP contribution < -0.4 is 32.3 Å².